The molecule has 1 aromatic heterocycles. The fourth-order valence-corrected chi connectivity index (χ4v) is 5.72. The number of ether oxygens (including phenoxy) is 1. The number of thioether (sulfide) groups is 1. The highest BCUT2D eigenvalue weighted by molar-refractivity contribution is 8.15. The number of carbonyl (C=O) groups excluding carboxylic acids is 1. The van der Waals surface area contributed by atoms with Gasteiger partial charge in [-0.05, 0) is 79.0 Å². The molecule has 0 saturated carbocycles. The first-order chi connectivity index (χ1) is 20.6. The second-order valence-electron chi connectivity index (χ2n) is 9.59. The van der Waals surface area contributed by atoms with Crippen molar-refractivity contribution in [2.24, 2.45) is 4.99 Å². The minimum absolute atomic E-state index is 0.0177. The van der Waals surface area contributed by atoms with Gasteiger partial charge in [0.05, 0.1) is 17.1 Å². The number of anilines is 1. The maximum atomic E-state index is 12.8. The number of hydrogen-bond acceptors (Lipinski definition) is 6. The first-order valence-electron chi connectivity index (χ1n) is 13.4. The zero-order valence-electron chi connectivity index (χ0n) is 23.3. The first-order valence-corrected chi connectivity index (χ1v) is 14.8. The number of hydrogen-bond donors (Lipinski definition) is 1. The van der Waals surface area contributed by atoms with Crippen LogP contribution in [0.3, 0.4) is 0 Å². The van der Waals surface area contributed by atoms with Crippen molar-refractivity contribution in [2.75, 3.05) is 17.2 Å². The third-order valence-electron chi connectivity index (χ3n) is 6.59. The normalized spacial score (nSPS) is 14.4. The second kappa shape index (κ2) is 13.0. The van der Waals surface area contributed by atoms with Gasteiger partial charge in [-0.2, -0.15) is 4.99 Å². The number of alkyl halides is 3. The van der Waals surface area contributed by atoms with Crippen LogP contribution in [0.15, 0.2) is 78.0 Å². The van der Waals surface area contributed by atoms with E-state index in [1.54, 1.807) is 4.90 Å². The van der Waals surface area contributed by atoms with Crippen molar-refractivity contribution in [2.45, 2.75) is 33.1 Å². The van der Waals surface area contributed by atoms with Crippen LogP contribution in [-0.4, -0.2) is 49.6 Å². The first kappa shape index (κ1) is 30.2. The van der Waals surface area contributed by atoms with Gasteiger partial charge in [0, 0.05) is 12.1 Å². The summed E-state index contributed by atoms with van der Waals surface area (Å²) >= 11 is 6.86. The summed E-state index contributed by atoms with van der Waals surface area (Å²) < 4.78 is 42.7. The molecule has 0 radical (unpaired) electrons. The topological polar surface area (TPSA) is 84.6 Å². The average Bonchev–Trinajstić information content (AvgIpc) is 3.60. The van der Waals surface area contributed by atoms with Crippen LogP contribution in [0.5, 0.6) is 5.75 Å². The third-order valence-corrected chi connectivity index (χ3v) is 7.75. The molecule has 0 unspecified atom stereocenters. The standard InChI is InChI=1S/C30H27F3N6O2S2/c1-3-21-8-4-6-19(2)26(21)39-25(40)17-43-29(39)36-28(42)34-15-14-20-7-5-9-22(16-20)27-35-18-38(37-27)23-10-12-24(13-11-23)41-30(31,32)33/h4-13,16,18H,3,14-15,17H2,1-2H3,(H,34,42). The lowest BCUT2D eigenvalue weighted by molar-refractivity contribution is -0.274. The zero-order valence-corrected chi connectivity index (χ0v) is 24.9. The predicted octanol–water partition coefficient (Wildman–Crippen LogP) is 6.26. The molecule has 1 amide bonds. The molecule has 0 atom stereocenters. The number of thiocarbonyl (C=S) groups is 1. The predicted molar refractivity (Wildman–Crippen MR) is 166 cm³/mol. The molecule has 1 aliphatic heterocycles. The molecule has 0 aliphatic carbocycles. The molecule has 0 bridgehead atoms. The van der Waals surface area contributed by atoms with E-state index < -0.39 is 6.36 Å². The molecular formula is C30H27F3N6O2S2. The Balaban J connectivity index is 1.21. The molecule has 222 valence electrons. The number of aromatic nitrogens is 3. The molecule has 13 heteroatoms. The van der Waals surface area contributed by atoms with Crippen LogP contribution in [0.25, 0.3) is 17.1 Å². The van der Waals surface area contributed by atoms with Crippen molar-refractivity contribution >= 4 is 45.9 Å². The molecule has 1 fully saturated rings. The maximum Gasteiger partial charge on any atom is 0.573 e. The number of amides is 1. The summed E-state index contributed by atoms with van der Waals surface area (Å²) in [5, 5.41) is 8.51. The van der Waals surface area contributed by atoms with Crippen molar-refractivity contribution in [3.63, 3.8) is 0 Å². The highest BCUT2D eigenvalue weighted by Gasteiger charge is 2.32. The molecular weight excluding hydrogens is 597 g/mol. The Labute approximate surface area is 256 Å². The molecule has 4 aromatic rings. The van der Waals surface area contributed by atoms with Gasteiger partial charge in [0.2, 0.25) is 5.91 Å². The summed E-state index contributed by atoms with van der Waals surface area (Å²) in [5.74, 6) is 0.454. The molecule has 1 aliphatic rings. The van der Waals surface area contributed by atoms with E-state index in [2.05, 4.69) is 32.1 Å². The number of nitrogens with zero attached hydrogens (tertiary/aromatic N) is 5. The van der Waals surface area contributed by atoms with Crippen LogP contribution in [0, 0.1) is 6.92 Å². The summed E-state index contributed by atoms with van der Waals surface area (Å²) in [6.07, 6.45) is -1.81. The highest BCUT2D eigenvalue weighted by atomic mass is 32.2. The molecule has 1 N–H and O–H groups in total. The zero-order chi connectivity index (χ0) is 30.6. The molecule has 2 heterocycles. The summed E-state index contributed by atoms with van der Waals surface area (Å²) in [7, 11) is 0. The number of para-hydroxylation sites is 1. The Kier molecular flexibility index (Phi) is 9.11. The van der Waals surface area contributed by atoms with Crippen LogP contribution >= 0.6 is 24.0 Å². The van der Waals surface area contributed by atoms with E-state index >= 15 is 0 Å². The fourth-order valence-electron chi connectivity index (χ4n) is 4.62. The van der Waals surface area contributed by atoms with Gasteiger partial charge in [0.1, 0.15) is 12.1 Å². The number of aliphatic imine (C=N–C) groups is 1. The Morgan fingerprint density at radius 1 is 1.14 bits per heavy atom. The van der Waals surface area contributed by atoms with Crippen molar-refractivity contribution in [3.8, 4) is 22.8 Å². The van der Waals surface area contributed by atoms with Crippen LogP contribution in [0.1, 0.15) is 23.6 Å². The lowest BCUT2D eigenvalue weighted by Gasteiger charge is -2.22. The van der Waals surface area contributed by atoms with Crippen molar-refractivity contribution in [1.82, 2.24) is 20.1 Å². The minimum atomic E-state index is -4.75. The van der Waals surface area contributed by atoms with E-state index in [9.17, 15) is 18.0 Å². The Morgan fingerprint density at radius 2 is 1.91 bits per heavy atom. The van der Waals surface area contributed by atoms with Crippen LogP contribution in [0.2, 0.25) is 0 Å². The molecule has 0 spiro atoms. The van der Waals surface area contributed by atoms with Crippen molar-refractivity contribution in [3.05, 3.63) is 89.7 Å². The molecule has 1 saturated heterocycles. The van der Waals surface area contributed by atoms with Gasteiger partial charge in [-0.25, -0.2) is 9.67 Å². The van der Waals surface area contributed by atoms with E-state index in [-0.39, 0.29) is 11.7 Å². The SMILES string of the molecule is CCc1cccc(C)c1N1C(=O)CSC1=NC(=S)NCCc1cccc(-c2ncn(-c3ccc(OC(F)(F)F)cc3)n2)c1. The largest absolute Gasteiger partial charge is 0.573 e. The van der Waals surface area contributed by atoms with Gasteiger partial charge in [-0.1, -0.05) is 55.1 Å². The molecule has 43 heavy (non-hydrogen) atoms. The lowest BCUT2D eigenvalue weighted by Crippen LogP contribution is -2.33. The number of rotatable bonds is 8. The number of aryl methyl sites for hydroxylation is 2. The number of amidine groups is 1. The summed E-state index contributed by atoms with van der Waals surface area (Å²) in [6.45, 7) is 4.57. The molecule has 3 aromatic carbocycles. The number of benzene rings is 3. The summed E-state index contributed by atoms with van der Waals surface area (Å²) in [4.78, 5) is 23.4. The highest BCUT2D eigenvalue weighted by Crippen LogP contribution is 2.33. The number of halogens is 3. The van der Waals surface area contributed by atoms with E-state index in [1.165, 1.54) is 47.0 Å². The van der Waals surface area contributed by atoms with E-state index in [0.29, 0.717) is 40.5 Å². The minimum Gasteiger partial charge on any atom is -0.406 e. The second-order valence-corrected chi connectivity index (χ2v) is 10.9. The van der Waals surface area contributed by atoms with Crippen LogP contribution in [0.4, 0.5) is 18.9 Å². The third kappa shape index (κ3) is 7.41. The monoisotopic (exact) mass is 624 g/mol. The van der Waals surface area contributed by atoms with E-state index in [1.807, 2.05) is 49.4 Å². The average molecular weight is 625 g/mol. The van der Waals surface area contributed by atoms with Crippen molar-refractivity contribution < 1.29 is 22.7 Å². The molecule has 5 rings (SSSR count). The van der Waals surface area contributed by atoms with Crippen LogP contribution in [-0.2, 0) is 17.6 Å². The van der Waals surface area contributed by atoms with Crippen molar-refractivity contribution in [1.29, 1.82) is 0 Å². The van der Waals surface area contributed by atoms with E-state index in [0.717, 1.165) is 34.4 Å². The quantitative estimate of drug-likeness (QED) is 0.232. The van der Waals surface area contributed by atoms with Gasteiger partial charge in [0.15, 0.2) is 16.1 Å². The summed E-state index contributed by atoms with van der Waals surface area (Å²) in [6, 6.07) is 19.1. The van der Waals surface area contributed by atoms with E-state index in [4.69, 9.17) is 12.2 Å². The lowest BCUT2D eigenvalue weighted by atomic mass is 10.0. The smallest absolute Gasteiger partial charge is 0.406 e. The Hall–Kier alpha value is -4.23. The Morgan fingerprint density at radius 3 is 2.65 bits per heavy atom. The molecule has 8 nitrogen and oxygen atoms in total. The van der Waals surface area contributed by atoms with Gasteiger partial charge in [-0.15, -0.1) is 18.3 Å². The van der Waals surface area contributed by atoms with Gasteiger partial charge in [-0.3, -0.25) is 9.69 Å². The number of nitrogens with one attached hydrogen (secondary N) is 1. The van der Waals surface area contributed by atoms with Crippen LogP contribution < -0.4 is 15.0 Å². The van der Waals surface area contributed by atoms with Gasteiger partial charge < -0.3 is 10.1 Å². The summed E-state index contributed by atoms with van der Waals surface area (Å²) in [5.41, 5.74) is 5.31. The number of carbonyl (C=O) groups is 1. The fraction of sp³-hybridized carbons (Fsp3) is 0.233. The Bertz CT molecular complexity index is 1670. The van der Waals surface area contributed by atoms with Gasteiger partial charge >= 0.3 is 6.36 Å². The van der Waals surface area contributed by atoms with Gasteiger partial charge in [0.25, 0.3) is 0 Å². The maximum absolute atomic E-state index is 12.8.